The van der Waals surface area contributed by atoms with Gasteiger partial charge in [0, 0.05) is 36.7 Å². The predicted molar refractivity (Wildman–Crippen MR) is 107 cm³/mol. The van der Waals surface area contributed by atoms with Crippen LogP contribution in [0.4, 0.5) is 5.95 Å². The zero-order chi connectivity index (χ0) is 19.8. The maximum Gasteiger partial charge on any atom is 0.226 e. The molecule has 2 atom stereocenters. The summed E-state index contributed by atoms with van der Waals surface area (Å²) in [5.41, 5.74) is 5.48. The van der Waals surface area contributed by atoms with Crippen LogP contribution in [-0.4, -0.2) is 45.4 Å². The number of nitrogens with zero attached hydrogens (tertiary/aromatic N) is 5. The number of ether oxygens (including phenoxy) is 1. The highest BCUT2D eigenvalue weighted by Gasteiger charge is 2.26. The SMILES string of the molecule is Cc1cc(-c2cnc(N3C[C@@H](C)O[C@@H](C)C3)nc2-c2c(C)noc2C)ccn1. The molecule has 0 radical (unpaired) electrons. The summed E-state index contributed by atoms with van der Waals surface area (Å²) in [5, 5.41) is 4.13. The summed E-state index contributed by atoms with van der Waals surface area (Å²) in [4.78, 5) is 16.2. The maximum absolute atomic E-state index is 5.86. The van der Waals surface area contributed by atoms with E-state index in [0.717, 1.165) is 52.6 Å². The molecule has 0 amide bonds. The van der Waals surface area contributed by atoms with Gasteiger partial charge in [-0.3, -0.25) is 4.98 Å². The van der Waals surface area contributed by atoms with Crippen LogP contribution < -0.4 is 4.90 Å². The first kappa shape index (κ1) is 18.6. The molecular weight excluding hydrogens is 354 g/mol. The summed E-state index contributed by atoms with van der Waals surface area (Å²) in [7, 11) is 0. The van der Waals surface area contributed by atoms with Gasteiger partial charge in [0.25, 0.3) is 0 Å². The molecule has 0 spiro atoms. The highest BCUT2D eigenvalue weighted by atomic mass is 16.5. The number of hydrogen-bond acceptors (Lipinski definition) is 7. The van der Waals surface area contributed by atoms with Gasteiger partial charge in [0.15, 0.2) is 0 Å². The minimum absolute atomic E-state index is 0.136. The molecule has 146 valence electrons. The molecule has 4 heterocycles. The molecular formula is C21H25N5O2. The Morgan fingerprint density at radius 1 is 1.07 bits per heavy atom. The summed E-state index contributed by atoms with van der Waals surface area (Å²) in [5.74, 6) is 1.45. The number of rotatable bonds is 3. The molecule has 1 fully saturated rings. The number of aromatic nitrogens is 4. The average Bonchev–Trinajstić information content (AvgIpc) is 2.99. The topological polar surface area (TPSA) is 77.2 Å². The van der Waals surface area contributed by atoms with Crippen molar-refractivity contribution in [2.24, 2.45) is 0 Å². The second-order valence-corrected chi connectivity index (χ2v) is 7.48. The molecule has 0 aliphatic carbocycles. The Hall–Kier alpha value is -2.80. The summed E-state index contributed by atoms with van der Waals surface area (Å²) in [6.45, 7) is 11.5. The maximum atomic E-state index is 5.86. The van der Waals surface area contributed by atoms with E-state index in [2.05, 4.69) is 28.9 Å². The van der Waals surface area contributed by atoms with E-state index in [1.54, 1.807) is 6.20 Å². The van der Waals surface area contributed by atoms with Gasteiger partial charge in [0.05, 0.1) is 29.2 Å². The highest BCUT2D eigenvalue weighted by molar-refractivity contribution is 5.82. The molecule has 0 bridgehead atoms. The molecule has 0 saturated carbocycles. The fourth-order valence-corrected chi connectivity index (χ4v) is 3.80. The van der Waals surface area contributed by atoms with Crippen molar-refractivity contribution in [2.45, 2.75) is 46.8 Å². The fourth-order valence-electron chi connectivity index (χ4n) is 3.80. The summed E-state index contributed by atoms with van der Waals surface area (Å²) >= 11 is 0. The van der Waals surface area contributed by atoms with E-state index in [1.165, 1.54) is 0 Å². The van der Waals surface area contributed by atoms with E-state index in [-0.39, 0.29) is 12.2 Å². The van der Waals surface area contributed by atoms with Crippen LogP contribution in [0.2, 0.25) is 0 Å². The molecule has 7 heteroatoms. The minimum atomic E-state index is 0.136. The molecule has 4 rings (SSSR count). The van der Waals surface area contributed by atoms with E-state index >= 15 is 0 Å². The number of hydrogen-bond donors (Lipinski definition) is 0. The van der Waals surface area contributed by atoms with Gasteiger partial charge >= 0.3 is 0 Å². The van der Waals surface area contributed by atoms with Crippen LogP contribution in [0.1, 0.15) is 31.0 Å². The smallest absolute Gasteiger partial charge is 0.226 e. The van der Waals surface area contributed by atoms with Crippen molar-refractivity contribution in [1.29, 1.82) is 0 Å². The third kappa shape index (κ3) is 3.49. The summed E-state index contributed by atoms with van der Waals surface area (Å²) < 4.78 is 11.3. The summed E-state index contributed by atoms with van der Waals surface area (Å²) in [6, 6.07) is 4.02. The minimum Gasteiger partial charge on any atom is -0.372 e. The molecule has 3 aromatic rings. The third-order valence-corrected chi connectivity index (χ3v) is 4.96. The van der Waals surface area contributed by atoms with Crippen molar-refractivity contribution in [2.75, 3.05) is 18.0 Å². The van der Waals surface area contributed by atoms with E-state index in [9.17, 15) is 0 Å². The van der Waals surface area contributed by atoms with E-state index < -0.39 is 0 Å². The van der Waals surface area contributed by atoms with Crippen molar-refractivity contribution in [3.05, 3.63) is 41.7 Å². The second-order valence-electron chi connectivity index (χ2n) is 7.48. The third-order valence-electron chi connectivity index (χ3n) is 4.96. The standard InChI is InChI=1S/C21H25N5O2/c1-12-8-17(6-7-22-12)18-9-23-21(26-10-13(2)27-14(3)11-26)24-20(18)19-15(4)25-28-16(19)5/h6-9,13-14H,10-11H2,1-5H3/t13-,14+. The Morgan fingerprint density at radius 2 is 1.82 bits per heavy atom. The zero-order valence-corrected chi connectivity index (χ0v) is 16.9. The van der Waals surface area contributed by atoms with Crippen LogP contribution >= 0.6 is 0 Å². The van der Waals surface area contributed by atoms with Crippen LogP contribution in [0.3, 0.4) is 0 Å². The molecule has 0 N–H and O–H groups in total. The van der Waals surface area contributed by atoms with Gasteiger partial charge in [-0.15, -0.1) is 0 Å². The van der Waals surface area contributed by atoms with Crippen molar-refractivity contribution in [1.82, 2.24) is 20.1 Å². The molecule has 0 aromatic carbocycles. The highest BCUT2D eigenvalue weighted by Crippen LogP contribution is 2.35. The number of pyridine rings is 1. The number of anilines is 1. The lowest BCUT2D eigenvalue weighted by atomic mass is 10.00. The van der Waals surface area contributed by atoms with Gasteiger partial charge in [-0.1, -0.05) is 5.16 Å². The Morgan fingerprint density at radius 3 is 2.46 bits per heavy atom. The first-order valence-corrected chi connectivity index (χ1v) is 9.56. The van der Waals surface area contributed by atoms with Crippen LogP contribution in [0.25, 0.3) is 22.4 Å². The first-order chi connectivity index (χ1) is 13.4. The van der Waals surface area contributed by atoms with Crippen molar-refractivity contribution < 1.29 is 9.26 Å². The van der Waals surface area contributed by atoms with Crippen LogP contribution in [0.5, 0.6) is 0 Å². The average molecular weight is 379 g/mol. The zero-order valence-electron chi connectivity index (χ0n) is 16.9. The largest absolute Gasteiger partial charge is 0.372 e. The second kappa shape index (κ2) is 7.31. The van der Waals surface area contributed by atoms with Gasteiger partial charge in [-0.25, -0.2) is 9.97 Å². The Balaban J connectivity index is 1.86. The van der Waals surface area contributed by atoms with Crippen molar-refractivity contribution >= 4 is 5.95 Å². The van der Waals surface area contributed by atoms with E-state index in [1.807, 2.05) is 39.1 Å². The van der Waals surface area contributed by atoms with Crippen LogP contribution in [0.15, 0.2) is 29.0 Å². The number of aryl methyl sites for hydroxylation is 3. The lowest BCUT2D eigenvalue weighted by Gasteiger charge is -2.35. The monoisotopic (exact) mass is 379 g/mol. The molecule has 0 unspecified atom stereocenters. The van der Waals surface area contributed by atoms with Crippen molar-refractivity contribution in [3.8, 4) is 22.4 Å². The van der Waals surface area contributed by atoms with Gasteiger partial charge in [0.2, 0.25) is 5.95 Å². The lowest BCUT2D eigenvalue weighted by molar-refractivity contribution is -0.00571. The van der Waals surface area contributed by atoms with Gasteiger partial charge in [0.1, 0.15) is 5.76 Å². The lowest BCUT2D eigenvalue weighted by Crippen LogP contribution is -2.46. The first-order valence-electron chi connectivity index (χ1n) is 9.56. The Kier molecular flexibility index (Phi) is 4.85. The molecule has 28 heavy (non-hydrogen) atoms. The normalized spacial score (nSPS) is 19.8. The summed E-state index contributed by atoms with van der Waals surface area (Å²) in [6.07, 6.45) is 3.97. The van der Waals surface area contributed by atoms with Gasteiger partial charge in [-0.05, 0) is 52.3 Å². The molecule has 1 aliphatic rings. The Bertz CT molecular complexity index is 971. The Labute approximate surface area is 164 Å². The molecule has 3 aromatic heterocycles. The van der Waals surface area contributed by atoms with E-state index in [0.29, 0.717) is 5.95 Å². The predicted octanol–water partition coefficient (Wildman–Crippen LogP) is 3.73. The van der Waals surface area contributed by atoms with Crippen LogP contribution in [0, 0.1) is 20.8 Å². The van der Waals surface area contributed by atoms with Gasteiger partial charge in [-0.2, -0.15) is 0 Å². The van der Waals surface area contributed by atoms with E-state index in [4.69, 9.17) is 19.2 Å². The quantitative estimate of drug-likeness (QED) is 0.686. The van der Waals surface area contributed by atoms with Gasteiger partial charge < -0.3 is 14.2 Å². The number of morpholine rings is 1. The molecule has 7 nitrogen and oxygen atoms in total. The molecule has 1 aliphatic heterocycles. The van der Waals surface area contributed by atoms with Crippen LogP contribution in [-0.2, 0) is 4.74 Å². The van der Waals surface area contributed by atoms with Crippen molar-refractivity contribution in [3.63, 3.8) is 0 Å². The molecule has 1 saturated heterocycles. The fraction of sp³-hybridized carbons (Fsp3) is 0.429.